The van der Waals surface area contributed by atoms with Gasteiger partial charge < -0.3 is 4.74 Å². The summed E-state index contributed by atoms with van der Waals surface area (Å²) < 4.78 is 5.39. The van der Waals surface area contributed by atoms with Gasteiger partial charge in [0.25, 0.3) is 0 Å². The minimum absolute atomic E-state index is 0.773. The largest absolute Gasteiger partial charge is 0.494 e. The van der Waals surface area contributed by atoms with E-state index in [1.807, 2.05) is 6.92 Å². The second-order valence-electron chi connectivity index (χ2n) is 2.88. The van der Waals surface area contributed by atoms with Gasteiger partial charge >= 0.3 is 0 Å². The van der Waals surface area contributed by atoms with Gasteiger partial charge in [-0.1, -0.05) is 0 Å². The predicted molar refractivity (Wildman–Crippen MR) is 42.7 cm³/mol. The summed E-state index contributed by atoms with van der Waals surface area (Å²) in [7, 11) is 0. The van der Waals surface area contributed by atoms with Crippen molar-refractivity contribution in [3.05, 3.63) is 22.5 Å². The molecule has 0 atom stereocenters. The summed E-state index contributed by atoms with van der Waals surface area (Å²) in [6, 6.07) is 0. The Bertz CT molecular complexity index is 185. The van der Waals surface area contributed by atoms with Crippen LogP contribution in [0.1, 0.15) is 27.7 Å². The second kappa shape index (κ2) is 2.49. The van der Waals surface area contributed by atoms with Gasteiger partial charge in [-0.15, -0.1) is 0 Å². The van der Waals surface area contributed by atoms with E-state index in [1.54, 1.807) is 0 Å². The molecule has 0 saturated carbocycles. The summed E-state index contributed by atoms with van der Waals surface area (Å²) in [5.74, 6) is 1.07. The van der Waals surface area contributed by atoms with Crippen molar-refractivity contribution in [3.8, 4) is 0 Å². The number of hydrogen-bond acceptors (Lipinski definition) is 1. The maximum Gasteiger partial charge on any atom is 0.109 e. The fourth-order valence-corrected chi connectivity index (χ4v) is 1.02. The molecular weight excluding hydrogens is 124 g/mol. The number of allylic oxidation sites excluding steroid dienone is 3. The summed E-state index contributed by atoms with van der Waals surface area (Å²) in [4.78, 5) is 0. The Morgan fingerprint density at radius 1 is 1.00 bits per heavy atom. The topological polar surface area (TPSA) is 9.23 Å². The maximum absolute atomic E-state index is 5.39. The Labute approximate surface area is 62.4 Å². The molecule has 0 N–H and O–H groups in total. The van der Waals surface area contributed by atoms with Crippen LogP contribution in [-0.2, 0) is 4.74 Å². The summed E-state index contributed by atoms with van der Waals surface area (Å²) in [5, 5.41) is 0. The first-order chi connectivity index (χ1) is 4.63. The Kier molecular flexibility index (Phi) is 1.84. The van der Waals surface area contributed by atoms with Gasteiger partial charge in [0.15, 0.2) is 0 Å². The smallest absolute Gasteiger partial charge is 0.109 e. The Hall–Kier alpha value is -0.720. The molecular formula is C9H14O. The van der Waals surface area contributed by atoms with Gasteiger partial charge in [-0.25, -0.2) is 0 Å². The fraction of sp³-hybridized carbons (Fsp3) is 0.556. The molecule has 1 heterocycles. The molecule has 1 aliphatic heterocycles. The summed E-state index contributed by atoms with van der Waals surface area (Å²) in [6.07, 6.45) is 0. The zero-order valence-electron chi connectivity index (χ0n) is 7.12. The van der Waals surface area contributed by atoms with E-state index in [4.69, 9.17) is 4.74 Å². The molecule has 0 aromatic rings. The monoisotopic (exact) mass is 138 g/mol. The van der Waals surface area contributed by atoms with Crippen molar-refractivity contribution in [3.63, 3.8) is 0 Å². The van der Waals surface area contributed by atoms with Crippen molar-refractivity contribution in [2.24, 2.45) is 0 Å². The minimum atomic E-state index is 0.773. The van der Waals surface area contributed by atoms with Gasteiger partial charge in [0.05, 0.1) is 5.76 Å². The highest BCUT2D eigenvalue weighted by molar-refractivity contribution is 5.35. The Morgan fingerprint density at radius 3 is 2.10 bits per heavy atom. The van der Waals surface area contributed by atoms with Crippen molar-refractivity contribution in [1.82, 2.24) is 0 Å². The van der Waals surface area contributed by atoms with Crippen molar-refractivity contribution < 1.29 is 4.74 Å². The normalized spacial score (nSPS) is 19.6. The third-order valence-electron chi connectivity index (χ3n) is 2.24. The molecule has 1 nitrogen and oxygen atoms in total. The molecule has 0 fully saturated rings. The fourth-order valence-electron chi connectivity index (χ4n) is 1.02. The SMILES string of the molecule is CC1=C(C)C(C)=C(C)OC1. The van der Waals surface area contributed by atoms with Gasteiger partial charge in [-0.2, -0.15) is 0 Å². The lowest BCUT2D eigenvalue weighted by atomic mass is 10.0. The van der Waals surface area contributed by atoms with Crippen molar-refractivity contribution in [2.45, 2.75) is 27.7 Å². The van der Waals surface area contributed by atoms with Gasteiger partial charge in [0.2, 0.25) is 0 Å². The number of rotatable bonds is 0. The first kappa shape index (κ1) is 7.39. The quantitative estimate of drug-likeness (QED) is 0.500. The average Bonchev–Trinajstić information content (AvgIpc) is 1.93. The average molecular weight is 138 g/mol. The van der Waals surface area contributed by atoms with E-state index >= 15 is 0 Å². The van der Waals surface area contributed by atoms with Gasteiger partial charge in [0, 0.05) is 0 Å². The van der Waals surface area contributed by atoms with Crippen LogP contribution in [0.15, 0.2) is 22.5 Å². The van der Waals surface area contributed by atoms with Crippen LogP contribution < -0.4 is 0 Å². The highest BCUT2D eigenvalue weighted by atomic mass is 16.5. The lowest BCUT2D eigenvalue weighted by molar-refractivity contribution is 0.231. The van der Waals surface area contributed by atoms with E-state index < -0.39 is 0 Å². The first-order valence-corrected chi connectivity index (χ1v) is 3.60. The Balaban J connectivity index is 3.01. The van der Waals surface area contributed by atoms with Crippen LogP contribution in [0.2, 0.25) is 0 Å². The number of ether oxygens (including phenoxy) is 1. The van der Waals surface area contributed by atoms with Crippen LogP contribution >= 0.6 is 0 Å². The van der Waals surface area contributed by atoms with Crippen molar-refractivity contribution in [2.75, 3.05) is 6.61 Å². The van der Waals surface area contributed by atoms with E-state index in [0.717, 1.165) is 12.4 Å². The number of hydrogen-bond donors (Lipinski definition) is 0. The molecule has 0 bridgehead atoms. The molecule has 0 spiro atoms. The summed E-state index contributed by atoms with van der Waals surface area (Å²) >= 11 is 0. The van der Waals surface area contributed by atoms with E-state index in [2.05, 4.69) is 20.8 Å². The van der Waals surface area contributed by atoms with Crippen LogP contribution in [-0.4, -0.2) is 6.61 Å². The van der Waals surface area contributed by atoms with E-state index in [-0.39, 0.29) is 0 Å². The molecule has 0 aromatic carbocycles. The standard InChI is InChI=1S/C9H14O/c1-6-5-10-9(4)8(3)7(6)2/h5H2,1-4H3. The van der Waals surface area contributed by atoms with Crippen LogP contribution in [0.5, 0.6) is 0 Å². The van der Waals surface area contributed by atoms with Gasteiger partial charge in [0.1, 0.15) is 6.61 Å². The highest BCUT2D eigenvalue weighted by Gasteiger charge is 2.09. The first-order valence-electron chi connectivity index (χ1n) is 3.60. The maximum atomic E-state index is 5.39. The third kappa shape index (κ3) is 1.08. The highest BCUT2D eigenvalue weighted by Crippen LogP contribution is 2.23. The molecule has 0 unspecified atom stereocenters. The third-order valence-corrected chi connectivity index (χ3v) is 2.24. The molecule has 56 valence electrons. The van der Waals surface area contributed by atoms with Crippen LogP contribution in [0.25, 0.3) is 0 Å². The summed E-state index contributed by atoms with van der Waals surface area (Å²) in [5.41, 5.74) is 4.04. The molecule has 0 aromatic heterocycles. The van der Waals surface area contributed by atoms with Crippen molar-refractivity contribution in [1.29, 1.82) is 0 Å². The molecule has 0 saturated heterocycles. The molecule has 10 heavy (non-hydrogen) atoms. The molecule has 0 radical (unpaired) electrons. The van der Waals surface area contributed by atoms with Gasteiger partial charge in [-0.3, -0.25) is 0 Å². The zero-order valence-corrected chi connectivity index (χ0v) is 7.12. The van der Waals surface area contributed by atoms with Crippen LogP contribution in [0, 0.1) is 0 Å². The predicted octanol–water partition coefficient (Wildman–Crippen LogP) is 2.65. The lowest BCUT2D eigenvalue weighted by Gasteiger charge is -2.19. The summed E-state index contributed by atoms with van der Waals surface area (Å²) in [6.45, 7) is 9.16. The van der Waals surface area contributed by atoms with E-state index in [0.29, 0.717) is 0 Å². The van der Waals surface area contributed by atoms with Crippen molar-refractivity contribution >= 4 is 0 Å². The Morgan fingerprint density at radius 2 is 1.60 bits per heavy atom. The molecule has 1 aliphatic rings. The molecule has 0 aliphatic carbocycles. The van der Waals surface area contributed by atoms with Gasteiger partial charge in [-0.05, 0) is 44.4 Å². The minimum Gasteiger partial charge on any atom is -0.494 e. The molecule has 0 amide bonds. The van der Waals surface area contributed by atoms with Crippen LogP contribution in [0.3, 0.4) is 0 Å². The van der Waals surface area contributed by atoms with E-state index in [1.165, 1.54) is 16.7 Å². The zero-order chi connectivity index (χ0) is 7.72. The van der Waals surface area contributed by atoms with Crippen LogP contribution in [0.4, 0.5) is 0 Å². The molecule has 1 rings (SSSR count). The second-order valence-corrected chi connectivity index (χ2v) is 2.88. The van der Waals surface area contributed by atoms with E-state index in [9.17, 15) is 0 Å². The lowest BCUT2D eigenvalue weighted by Crippen LogP contribution is -2.05. The molecule has 1 heteroatoms.